The molecule has 0 spiro atoms. The molecular weight excluding hydrogens is 268 g/mol. The van der Waals surface area contributed by atoms with Crippen LogP contribution in [-0.2, 0) is 0 Å². The summed E-state index contributed by atoms with van der Waals surface area (Å²) in [4.78, 5) is 5.49. The predicted molar refractivity (Wildman–Crippen MR) is 75.6 cm³/mol. The van der Waals surface area contributed by atoms with E-state index in [1.807, 2.05) is 23.6 Å². The summed E-state index contributed by atoms with van der Waals surface area (Å²) in [5, 5.41) is 6.15. The van der Waals surface area contributed by atoms with Crippen LogP contribution in [0.25, 0.3) is 0 Å². The van der Waals surface area contributed by atoms with Crippen LogP contribution in [0.1, 0.15) is 23.5 Å². The van der Waals surface area contributed by atoms with Gasteiger partial charge in [0.1, 0.15) is 11.4 Å². The molecule has 0 aliphatic rings. The maximum Gasteiger partial charge on any atom is 0.142 e. The lowest BCUT2D eigenvalue weighted by Gasteiger charge is -2.18. The van der Waals surface area contributed by atoms with Gasteiger partial charge in [0.05, 0.1) is 18.2 Å². The monoisotopic (exact) mass is 282 g/mol. The highest BCUT2D eigenvalue weighted by molar-refractivity contribution is 7.10. The van der Waals surface area contributed by atoms with Gasteiger partial charge in [-0.15, -0.1) is 11.3 Å². The zero-order valence-corrected chi connectivity index (χ0v) is 11.9. The average Bonchev–Trinajstić information content (AvgIpc) is 2.82. The number of ether oxygens (including phenoxy) is 1. The summed E-state index contributed by atoms with van der Waals surface area (Å²) < 4.78 is 5.37. The third-order valence-corrected chi connectivity index (χ3v) is 4.03. The van der Waals surface area contributed by atoms with E-state index in [-0.39, 0.29) is 6.04 Å². The van der Waals surface area contributed by atoms with Crippen molar-refractivity contribution < 1.29 is 4.74 Å². The molecule has 1 unspecified atom stereocenters. The third-order valence-electron chi connectivity index (χ3n) is 2.61. The van der Waals surface area contributed by atoms with Crippen LogP contribution in [0.3, 0.4) is 0 Å². The van der Waals surface area contributed by atoms with E-state index in [9.17, 15) is 0 Å². The fourth-order valence-corrected chi connectivity index (χ4v) is 3.06. The zero-order chi connectivity index (χ0) is 13.0. The van der Waals surface area contributed by atoms with E-state index in [0.29, 0.717) is 0 Å². The molecule has 0 radical (unpaired) electrons. The maximum absolute atomic E-state index is 6.22. The molecule has 0 aliphatic carbocycles. The quantitative estimate of drug-likeness (QED) is 0.911. The molecule has 0 aromatic carbocycles. The molecule has 0 saturated carbocycles. The largest absolute Gasteiger partial charge is 0.495 e. The van der Waals surface area contributed by atoms with Gasteiger partial charge in [-0.3, -0.25) is 4.98 Å². The first-order valence-electron chi connectivity index (χ1n) is 5.73. The maximum atomic E-state index is 6.22. The Morgan fingerprint density at radius 1 is 1.50 bits per heavy atom. The van der Waals surface area contributed by atoms with E-state index < -0.39 is 0 Å². The topological polar surface area (TPSA) is 34.2 Å². The lowest BCUT2D eigenvalue weighted by atomic mass is 10.1. The van der Waals surface area contributed by atoms with Gasteiger partial charge in [0.25, 0.3) is 0 Å². The molecule has 2 heterocycles. The summed E-state index contributed by atoms with van der Waals surface area (Å²) in [6.07, 6.45) is 1.77. The summed E-state index contributed by atoms with van der Waals surface area (Å²) in [6, 6.07) is 5.65. The summed E-state index contributed by atoms with van der Waals surface area (Å²) in [5.74, 6) is 0.771. The Labute approximate surface area is 116 Å². The fourth-order valence-electron chi connectivity index (χ4n) is 1.82. The molecule has 96 valence electrons. The number of hydrogen-bond donors (Lipinski definition) is 1. The molecule has 2 aromatic rings. The number of halogens is 1. The van der Waals surface area contributed by atoms with E-state index in [1.54, 1.807) is 24.6 Å². The van der Waals surface area contributed by atoms with E-state index in [0.717, 1.165) is 27.9 Å². The van der Waals surface area contributed by atoms with E-state index in [1.165, 1.54) is 0 Å². The molecule has 18 heavy (non-hydrogen) atoms. The van der Waals surface area contributed by atoms with Crippen LogP contribution in [0.4, 0.5) is 0 Å². The Morgan fingerprint density at radius 2 is 2.33 bits per heavy atom. The standard InChI is InChI=1S/C13H15ClN2OS/c1-3-15-12(13-9(14)6-8-18-13)11-10(17-2)5-4-7-16-11/h4-8,12,15H,3H2,1-2H3. The average molecular weight is 283 g/mol. The highest BCUT2D eigenvalue weighted by atomic mass is 35.5. The van der Waals surface area contributed by atoms with Gasteiger partial charge in [-0.05, 0) is 30.1 Å². The van der Waals surface area contributed by atoms with Gasteiger partial charge < -0.3 is 10.1 Å². The highest BCUT2D eigenvalue weighted by Crippen LogP contribution is 2.35. The molecule has 0 fully saturated rings. The van der Waals surface area contributed by atoms with Crippen LogP contribution in [0.5, 0.6) is 5.75 Å². The molecule has 0 amide bonds. The summed E-state index contributed by atoms with van der Waals surface area (Å²) in [6.45, 7) is 2.89. The van der Waals surface area contributed by atoms with Gasteiger partial charge in [-0.1, -0.05) is 18.5 Å². The number of aromatic nitrogens is 1. The lowest BCUT2D eigenvalue weighted by Crippen LogP contribution is -2.23. The van der Waals surface area contributed by atoms with Crippen LogP contribution in [0.15, 0.2) is 29.8 Å². The second-order valence-electron chi connectivity index (χ2n) is 3.71. The first-order chi connectivity index (χ1) is 8.77. The smallest absolute Gasteiger partial charge is 0.142 e. The molecule has 1 N–H and O–H groups in total. The highest BCUT2D eigenvalue weighted by Gasteiger charge is 2.22. The molecule has 5 heteroatoms. The summed E-state index contributed by atoms with van der Waals surface area (Å²) in [7, 11) is 1.65. The molecule has 2 rings (SSSR count). The molecule has 0 aliphatic heterocycles. The van der Waals surface area contributed by atoms with Gasteiger partial charge >= 0.3 is 0 Å². The first kappa shape index (κ1) is 13.3. The number of methoxy groups -OCH3 is 1. The number of pyridine rings is 1. The Balaban J connectivity index is 2.45. The van der Waals surface area contributed by atoms with Crippen molar-refractivity contribution in [1.29, 1.82) is 0 Å². The van der Waals surface area contributed by atoms with Gasteiger partial charge in [0.15, 0.2) is 0 Å². The molecule has 2 aromatic heterocycles. The van der Waals surface area contributed by atoms with E-state index in [2.05, 4.69) is 17.2 Å². The second kappa shape index (κ2) is 6.18. The number of nitrogens with zero attached hydrogens (tertiary/aromatic N) is 1. The van der Waals surface area contributed by atoms with Gasteiger partial charge in [-0.2, -0.15) is 0 Å². The Morgan fingerprint density at radius 3 is 2.94 bits per heavy atom. The van der Waals surface area contributed by atoms with Crippen molar-refractivity contribution in [2.75, 3.05) is 13.7 Å². The van der Waals surface area contributed by atoms with Gasteiger partial charge in [-0.25, -0.2) is 0 Å². The van der Waals surface area contributed by atoms with Crippen LogP contribution < -0.4 is 10.1 Å². The van der Waals surface area contributed by atoms with Crippen molar-refractivity contribution in [3.63, 3.8) is 0 Å². The molecule has 3 nitrogen and oxygen atoms in total. The number of thiophene rings is 1. The Kier molecular flexibility index (Phi) is 4.58. The van der Waals surface area contributed by atoms with Crippen molar-refractivity contribution in [3.8, 4) is 5.75 Å². The van der Waals surface area contributed by atoms with E-state index in [4.69, 9.17) is 16.3 Å². The van der Waals surface area contributed by atoms with Crippen molar-refractivity contribution >= 4 is 22.9 Å². The normalized spacial score (nSPS) is 12.4. The zero-order valence-electron chi connectivity index (χ0n) is 10.3. The fraction of sp³-hybridized carbons (Fsp3) is 0.308. The van der Waals surface area contributed by atoms with Crippen LogP contribution >= 0.6 is 22.9 Å². The van der Waals surface area contributed by atoms with Gasteiger partial charge in [0, 0.05) is 11.1 Å². The van der Waals surface area contributed by atoms with Crippen molar-refractivity contribution in [3.05, 3.63) is 45.4 Å². The first-order valence-corrected chi connectivity index (χ1v) is 6.98. The minimum atomic E-state index is -0.0290. The summed E-state index contributed by atoms with van der Waals surface area (Å²) >= 11 is 7.84. The third kappa shape index (κ3) is 2.66. The van der Waals surface area contributed by atoms with Crippen LogP contribution in [0, 0.1) is 0 Å². The predicted octanol–water partition coefficient (Wildman–Crippen LogP) is 3.50. The molecule has 1 atom stereocenters. The molecular formula is C13H15ClN2OS. The second-order valence-corrected chi connectivity index (χ2v) is 5.07. The Bertz CT molecular complexity index is 515. The SMILES string of the molecule is CCNC(c1ncccc1OC)c1sccc1Cl. The lowest BCUT2D eigenvalue weighted by molar-refractivity contribution is 0.401. The number of rotatable bonds is 5. The minimum Gasteiger partial charge on any atom is -0.495 e. The van der Waals surface area contributed by atoms with Crippen molar-refractivity contribution in [2.45, 2.75) is 13.0 Å². The van der Waals surface area contributed by atoms with E-state index >= 15 is 0 Å². The van der Waals surface area contributed by atoms with Gasteiger partial charge in [0.2, 0.25) is 0 Å². The number of hydrogen-bond acceptors (Lipinski definition) is 4. The van der Waals surface area contributed by atoms with Crippen LogP contribution in [0.2, 0.25) is 5.02 Å². The molecule has 0 saturated heterocycles. The minimum absolute atomic E-state index is 0.0290. The molecule has 0 bridgehead atoms. The van der Waals surface area contributed by atoms with Crippen LogP contribution in [-0.4, -0.2) is 18.6 Å². The Hall–Kier alpha value is -1.10. The van der Waals surface area contributed by atoms with Crippen molar-refractivity contribution in [1.82, 2.24) is 10.3 Å². The van der Waals surface area contributed by atoms with Crippen molar-refractivity contribution in [2.24, 2.45) is 0 Å². The summed E-state index contributed by atoms with van der Waals surface area (Å²) in [5.41, 5.74) is 0.867. The number of nitrogens with one attached hydrogen (secondary N) is 1.